The summed E-state index contributed by atoms with van der Waals surface area (Å²) in [5, 5.41) is 19.4. The number of aliphatic carboxylic acids is 1. The third kappa shape index (κ3) is 5.52. The van der Waals surface area contributed by atoms with E-state index in [1.807, 2.05) is 0 Å². The molecule has 1 atom stereocenters. The SMILES string of the molecule is COC(=O)C[C@H](c1ccc(OC(F)(F)F)cc1)c1c(O)cc(C)n(CC(=O)O)c1=O. The second kappa shape index (κ2) is 8.89. The van der Waals surface area contributed by atoms with E-state index in [4.69, 9.17) is 5.11 Å². The molecule has 1 aromatic heterocycles. The maximum absolute atomic E-state index is 12.9. The van der Waals surface area contributed by atoms with Gasteiger partial charge < -0.3 is 24.3 Å². The number of esters is 1. The molecule has 1 heterocycles. The highest BCUT2D eigenvalue weighted by atomic mass is 19.4. The minimum atomic E-state index is -4.90. The number of aryl methyl sites for hydroxylation is 1. The van der Waals surface area contributed by atoms with Gasteiger partial charge in [0.25, 0.3) is 5.56 Å². The first-order valence-electron chi connectivity index (χ1n) is 8.50. The van der Waals surface area contributed by atoms with E-state index in [-0.39, 0.29) is 16.8 Å². The van der Waals surface area contributed by atoms with Crippen LogP contribution in [-0.4, -0.2) is 40.2 Å². The third-order valence-electron chi connectivity index (χ3n) is 4.28. The summed E-state index contributed by atoms with van der Waals surface area (Å²) in [7, 11) is 1.11. The Morgan fingerprint density at radius 2 is 1.80 bits per heavy atom. The van der Waals surface area contributed by atoms with Gasteiger partial charge in [-0.2, -0.15) is 0 Å². The molecular weight excluding hydrogens is 411 g/mol. The van der Waals surface area contributed by atoms with Crippen LogP contribution in [0.4, 0.5) is 13.2 Å². The average molecular weight is 429 g/mol. The van der Waals surface area contributed by atoms with Gasteiger partial charge in [0.1, 0.15) is 18.0 Å². The second-order valence-corrected chi connectivity index (χ2v) is 6.32. The van der Waals surface area contributed by atoms with Crippen molar-refractivity contribution in [3.8, 4) is 11.5 Å². The van der Waals surface area contributed by atoms with E-state index in [0.717, 1.165) is 23.8 Å². The van der Waals surface area contributed by atoms with E-state index in [1.165, 1.54) is 25.1 Å². The van der Waals surface area contributed by atoms with Crippen LogP contribution in [-0.2, 0) is 20.9 Å². The maximum atomic E-state index is 12.9. The van der Waals surface area contributed by atoms with Crippen LogP contribution in [0, 0.1) is 6.92 Å². The first kappa shape index (κ1) is 22.8. The van der Waals surface area contributed by atoms with Gasteiger partial charge in [-0.1, -0.05) is 12.1 Å². The Kier molecular flexibility index (Phi) is 6.75. The van der Waals surface area contributed by atoms with Gasteiger partial charge in [0.05, 0.1) is 19.1 Å². The normalized spacial score (nSPS) is 12.3. The van der Waals surface area contributed by atoms with Gasteiger partial charge in [-0.3, -0.25) is 14.4 Å². The predicted molar refractivity (Wildman–Crippen MR) is 96.3 cm³/mol. The van der Waals surface area contributed by atoms with Crippen molar-refractivity contribution >= 4 is 11.9 Å². The highest BCUT2D eigenvalue weighted by Crippen LogP contribution is 2.34. The molecule has 0 aliphatic rings. The van der Waals surface area contributed by atoms with E-state index in [2.05, 4.69) is 9.47 Å². The molecule has 11 heteroatoms. The Balaban J connectivity index is 2.59. The molecule has 162 valence electrons. The molecule has 0 bridgehead atoms. The van der Waals surface area contributed by atoms with Crippen LogP contribution in [0.2, 0.25) is 0 Å². The van der Waals surface area contributed by atoms with Crippen molar-refractivity contribution in [2.75, 3.05) is 7.11 Å². The summed E-state index contributed by atoms with van der Waals surface area (Å²) in [6.07, 6.45) is -5.32. The number of benzene rings is 1. The number of alkyl halides is 3. The molecule has 0 aliphatic carbocycles. The van der Waals surface area contributed by atoms with E-state index < -0.39 is 54.2 Å². The van der Waals surface area contributed by atoms with E-state index in [9.17, 15) is 32.7 Å². The first-order chi connectivity index (χ1) is 13.9. The van der Waals surface area contributed by atoms with Crippen molar-refractivity contribution in [3.63, 3.8) is 0 Å². The number of pyridine rings is 1. The fraction of sp³-hybridized carbons (Fsp3) is 0.316. The number of nitrogens with zero attached hydrogens (tertiary/aromatic N) is 1. The minimum Gasteiger partial charge on any atom is -0.507 e. The number of rotatable bonds is 7. The molecule has 0 unspecified atom stereocenters. The number of carbonyl (C=O) groups excluding carboxylic acids is 1. The summed E-state index contributed by atoms with van der Waals surface area (Å²) in [4.78, 5) is 35.9. The highest BCUT2D eigenvalue weighted by Gasteiger charge is 2.31. The van der Waals surface area contributed by atoms with Crippen LogP contribution in [0.5, 0.6) is 11.5 Å². The van der Waals surface area contributed by atoms with Crippen LogP contribution in [0.3, 0.4) is 0 Å². The molecule has 0 spiro atoms. The fourth-order valence-electron chi connectivity index (χ4n) is 2.97. The molecule has 0 saturated heterocycles. The molecule has 1 aromatic carbocycles. The topological polar surface area (TPSA) is 115 Å². The van der Waals surface area contributed by atoms with E-state index in [0.29, 0.717) is 0 Å². The number of carboxylic acids is 1. The lowest BCUT2D eigenvalue weighted by Crippen LogP contribution is -2.30. The van der Waals surface area contributed by atoms with E-state index in [1.54, 1.807) is 0 Å². The standard InChI is InChI=1S/C19H18F3NO7/c1-10-7-14(24)17(18(28)23(10)9-15(25)26)13(8-16(27)29-2)11-3-5-12(6-4-11)30-19(20,21)22/h3-7,13,24H,8-9H2,1-2H3,(H,25,26)/t13-/m1/s1. The number of hydrogen-bond acceptors (Lipinski definition) is 6. The van der Waals surface area contributed by atoms with Crippen molar-refractivity contribution < 1.29 is 42.4 Å². The Labute approximate surface area is 168 Å². The number of hydrogen-bond donors (Lipinski definition) is 2. The Morgan fingerprint density at radius 1 is 1.20 bits per heavy atom. The molecule has 30 heavy (non-hydrogen) atoms. The molecule has 2 N–H and O–H groups in total. The van der Waals surface area contributed by atoms with Crippen LogP contribution in [0.15, 0.2) is 35.1 Å². The van der Waals surface area contributed by atoms with Gasteiger partial charge in [-0.15, -0.1) is 13.2 Å². The number of aromatic hydroxyl groups is 1. The monoisotopic (exact) mass is 429 g/mol. The summed E-state index contributed by atoms with van der Waals surface area (Å²) in [6.45, 7) is 0.744. The number of methoxy groups -OCH3 is 1. The summed E-state index contributed by atoms with van der Waals surface area (Å²) in [5.41, 5.74) is -0.737. The predicted octanol–water partition coefficient (Wildman–Crippen LogP) is 2.54. The van der Waals surface area contributed by atoms with Gasteiger partial charge in [-0.25, -0.2) is 0 Å². The van der Waals surface area contributed by atoms with Crippen molar-refractivity contribution in [2.45, 2.75) is 32.2 Å². The zero-order chi connectivity index (χ0) is 22.6. The third-order valence-corrected chi connectivity index (χ3v) is 4.28. The van der Waals surface area contributed by atoms with Crippen LogP contribution in [0.25, 0.3) is 0 Å². The van der Waals surface area contributed by atoms with Gasteiger partial charge in [-0.05, 0) is 30.7 Å². The lowest BCUT2D eigenvalue weighted by atomic mass is 9.88. The number of aromatic nitrogens is 1. The first-order valence-corrected chi connectivity index (χ1v) is 8.50. The van der Waals surface area contributed by atoms with E-state index >= 15 is 0 Å². The van der Waals surface area contributed by atoms with Crippen LogP contribution >= 0.6 is 0 Å². The zero-order valence-corrected chi connectivity index (χ0v) is 15.9. The van der Waals surface area contributed by atoms with Crippen molar-refractivity contribution in [3.05, 3.63) is 57.5 Å². The summed E-state index contributed by atoms with van der Waals surface area (Å²) in [6, 6.07) is 5.57. The van der Waals surface area contributed by atoms with Crippen molar-refractivity contribution in [1.82, 2.24) is 4.57 Å². The quantitative estimate of drug-likeness (QED) is 0.650. The minimum absolute atomic E-state index is 0.175. The summed E-state index contributed by atoms with van der Waals surface area (Å²) in [5.74, 6) is -4.15. The molecule has 0 aliphatic heterocycles. The Bertz CT molecular complexity index is 997. The summed E-state index contributed by atoms with van der Waals surface area (Å²) >= 11 is 0. The molecule has 0 fully saturated rings. The maximum Gasteiger partial charge on any atom is 0.573 e. The number of halogens is 3. The fourth-order valence-corrected chi connectivity index (χ4v) is 2.97. The van der Waals surface area contributed by atoms with Crippen LogP contribution < -0.4 is 10.3 Å². The number of carbonyl (C=O) groups is 2. The molecule has 0 amide bonds. The van der Waals surface area contributed by atoms with Gasteiger partial charge in [0, 0.05) is 11.6 Å². The molecule has 0 saturated carbocycles. The van der Waals surface area contributed by atoms with Crippen molar-refractivity contribution in [1.29, 1.82) is 0 Å². The number of ether oxygens (including phenoxy) is 2. The summed E-state index contributed by atoms with van der Waals surface area (Å²) < 4.78 is 46.4. The average Bonchev–Trinajstić information content (AvgIpc) is 2.63. The molecule has 2 rings (SSSR count). The molecule has 0 radical (unpaired) electrons. The largest absolute Gasteiger partial charge is 0.573 e. The lowest BCUT2D eigenvalue weighted by molar-refractivity contribution is -0.274. The molecule has 2 aromatic rings. The molecule has 8 nitrogen and oxygen atoms in total. The van der Waals surface area contributed by atoms with Gasteiger partial charge >= 0.3 is 18.3 Å². The second-order valence-electron chi connectivity index (χ2n) is 6.32. The zero-order valence-electron chi connectivity index (χ0n) is 15.9. The Hall–Kier alpha value is -3.50. The number of carboxylic acid groups (broad SMARTS) is 1. The Morgan fingerprint density at radius 3 is 2.30 bits per heavy atom. The lowest BCUT2D eigenvalue weighted by Gasteiger charge is -2.20. The molecular formula is C19H18F3NO7. The smallest absolute Gasteiger partial charge is 0.507 e. The van der Waals surface area contributed by atoms with Gasteiger partial charge in [0.15, 0.2) is 0 Å². The van der Waals surface area contributed by atoms with Crippen LogP contribution in [0.1, 0.15) is 29.2 Å². The highest BCUT2D eigenvalue weighted by molar-refractivity contribution is 5.71. The van der Waals surface area contributed by atoms with Crippen molar-refractivity contribution in [2.24, 2.45) is 0 Å². The van der Waals surface area contributed by atoms with Gasteiger partial charge in [0.2, 0.25) is 0 Å².